The number of aliphatic hydroxyl groups is 1. The fourth-order valence-corrected chi connectivity index (χ4v) is 2.54. The summed E-state index contributed by atoms with van der Waals surface area (Å²) in [5, 5.41) is 10.8. The molecule has 0 saturated carbocycles. The second kappa shape index (κ2) is 6.64. The summed E-state index contributed by atoms with van der Waals surface area (Å²) in [4.78, 5) is 14.7. The molecule has 1 heterocycles. The number of pyridine rings is 1. The van der Waals surface area contributed by atoms with Crippen molar-refractivity contribution in [1.29, 1.82) is 0 Å². The summed E-state index contributed by atoms with van der Waals surface area (Å²) in [5.41, 5.74) is 7.34. The molecule has 2 aromatic carbocycles. The van der Waals surface area contributed by atoms with E-state index in [0.717, 1.165) is 10.9 Å². The molecule has 0 spiro atoms. The lowest BCUT2D eigenvalue weighted by molar-refractivity contribution is 0.188. The molecule has 23 heavy (non-hydrogen) atoms. The number of nitrogens with one attached hydrogen (secondary N) is 1. The van der Waals surface area contributed by atoms with Gasteiger partial charge in [-0.05, 0) is 17.2 Å². The number of hydrogen-bond acceptors (Lipinski definition) is 4. The first kappa shape index (κ1) is 15.3. The maximum atomic E-state index is 11.9. The topological polar surface area (TPSA) is 88.3 Å². The number of aromatic nitrogens is 1. The van der Waals surface area contributed by atoms with Crippen LogP contribution in [0.15, 0.2) is 59.4 Å². The van der Waals surface area contributed by atoms with Crippen LogP contribution in [0, 0.1) is 0 Å². The quantitative estimate of drug-likeness (QED) is 0.673. The lowest BCUT2D eigenvalue weighted by Gasteiger charge is -2.14. The molecule has 118 valence electrons. The van der Waals surface area contributed by atoms with Gasteiger partial charge in [0, 0.05) is 18.0 Å². The van der Waals surface area contributed by atoms with E-state index in [-0.39, 0.29) is 12.1 Å². The van der Waals surface area contributed by atoms with Crippen molar-refractivity contribution in [3.05, 3.63) is 76.1 Å². The van der Waals surface area contributed by atoms with E-state index in [1.807, 2.05) is 42.5 Å². The smallest absolute Gasteiger partial charge is 0.248 e. The number of fused-ring (bicyclic) bond motifs is 1. The number of para-hydroxylation sites is 1. The predicted octanol–water partition coefficient (Wildman–Crippen LogP) is 2.10. The van der Waals surface area contributed by atoms with Crippen molar-refractivity contribution in [2.24, 2.45) is 5.73 Å². The zero-order valence-electron chi connectivity index (χ0n) is 12.5. The zero-order valence-corrected chi connectivity index (χ0v) is 12.5. The van der Waals surface area contributed by atoms with Crippen molar-refractivity contribution >= 4 is 10.9 Å². The summed E-state index contributed by atoms with van der Waals surface area (Å²) < 4.78 is 5.85. The number of ether oxygens (including phenoxy) is 1. The van der Waals surface area contributed by atoms with Crippen LogP contribution in [0.4, 0.5) is 0 Å². The van der Waals surface area contributed by atoms with Crippen LogP contribution < -0.4 is 16.0 Å². The van der Waals surface area contributed by atoms with Crippen molar-refractivity contribution in [1.82, 2.24) is 4.98 Å². The Kier molecular flexibility index (Phi) is 4.41. The normalized spacial score (nSPS) is 12.3. The Morgan fingerprint density at radius 3 is 2.65 bits per heavy atom. The van der Waals surface area contributed by atoms with Gasteiger partial charge in [0.1, 0.15) is 12.4 Å². The first-order chi connectivity index (χ1) is 11.2. The van der Waals surface area contributed by atoms with Gasteiger partial charge in [-0.3, -0.25) is 4.79 Å². The molecule has 5 heteroatoms. The van der Waals surface area contributed by atoms with Gasteiger partial charge in [-0.1, -0.05) is 42.5 Å². The summed E-state index contributed by atoms with van der Waals surface area (Å²) in [6.07, 6.45) is -0.885. The van der Waals surface area contributed by atoms with E-state index in [1.54, 1.807) is 6.07 Å². The molecule has 5 nitrogen and oxygen atoms in total. The van der Waals surface area contributed by atoms with E-state index in [2.05, 4.69) is 4.98 Å². The van der Waals surface area contributed by atoms with E-state index >= 15 is 0 Å². The molecule has 0 saturated heterocycles. The van der Waals surface area contributed by atoms with Crippen molar-refractivity contribution in [3.8, 4) is 5.75 Å². The molecule has 0 bridgehead atoms. The third kappa shape index (κ3) is 3.26. The Bertz CT molecular complexity index is 859. The average Bonchev–Trinajstić information content (AvgIpc) is 2.59. The first-order valence-electron chi connectivity index (χ1n) is 7.40. The second-order valence-corrected chi connectivity index (χ2v) is 5.29. The minimum Gasteiger partial charge on any atom is -0.487 e. The van der Waals surface area contributed by atoms with Crippen LogP contribution in [-0.4, -0.2) is 16.6 Å². The maximum Gasteiger partial charge on any atom is 0.248 e. The highest BCUT2D eigenvalue weighted by Crippen LogP contribution is 2.28. The number of benzene rings is 2. The highest BCUT2D eigenvalue weighted by molar-refractivity contribution is 5.87. The molecule has 0 radical (unpaired) electrons. The number of aromatic amines is 1. The largest absolute Gasteiger partial charge is 0.487 e. The van der Waals surface area contributed by atoms with Gasteiger partial charge in [-0.2, -0.15) is 0 Å². The number of hydrogen-bond donors (Lipinski definition) is 3. The minimum atomic E-state index is -0.885. The molecular weight excluding hydrogens is 292 g/mol. The van der Waals surface area contributed by atoms with Gasteiger partial charge in [0.15, 0.2) is 0 Å². The predicted molar refractivity (Wildman–Crippen MR) is 89.4 cm³/mol. The van der Waals surface area contributed by atoms with E-state index in [1.165, 1.54) is 6.07 Å². The minimum absolute atomic E-state index is 0.0493. The molecule has 3 rings (SSSR count). The standard InChI is InChI=1S/C18H18N2O3/c19-10-15(21)14-9-17(22)20-18-13(14)7-4-8-16(18)23-11-12-5-2-1-3-6-12/h1-9,15,21H,10-11,19H2,(H,20,22)/t15-/m0/s1. The Balaban J connectivity index is 2.01. The molecule has 0 aliphatic heterocycles. The van der Waals surface area contributed by atoms with Gasteiger partial charge in [0.2, 0.25) is 5.56 Å². The van der Waals surface area contributed by atoms with Crippen LogP contribution in [-0.2, 0) is 6.61 Å². The third-order valence-electron chi connectivity index (χ3n) is 3.69. The average molecular weight is 310 g/mol. The van der Waals surface area contributed by atoms with Crippen molar-refractivity contribution in [2.45, 2.75) is 12.7 Å². The van der Waals surface area contributed by atoms with Crippen LogP contribution in [0.3, 0.4) is 0 Å². The summed E-state index contributed by atoms with van der Waals surface area (Å²) in [5.74, 6) is 0.564. The maximum absolute atomic E-state index is 11.9. The fraction of sp³-hybridized carbons (Fsp3) is 0.167. The summed E-state index contributed by atoms with van der Waals surface area (Å²) in [7, 11) is 0. The van der Waals surface area contributed by atoms with Crippen LogP contribution in [0.25, 0.3) is 10.9 Å². The molecule has 1 aromatic heterocycles. The number of rotatable bonds is 5. The first-order valence-corrected chi connectivity index (χ1v) is 7.40. The molecule has 0 unspecified atom stereocenters. The van der Waals surface area contributed by atoms with E-state index in [0.29, 0.717) is 23.4 Å². The van der Waals surface area contributed by atoms with E-state index < -0.39 is 6.10 Å². The van der Waals surface area contributed by atoms with Crippen molar-refractivity contribution in [2.75, 3.05) is 6.54 Å². The molecular formula is C18H18N2O3. The van der Waals surface area contributed by atoms with Crippen LogP contribution in [0.2, 0.25) is 0 Å². The molecule has 0 aliphatic carbocycles. The molecule has 1 atom stereocenters. The van der Waals surface area contributed by atoms with Crippen LogP contribution in [0.1, 0.15) is 17.2 Å². The highest BCUT2D eigenvalue weighted by Gasteiger charge is 2.13. The van der Waals surface area contributed by atoms with E-state index in [9.17, 15) is 9.90 Å². The monoisotopic (exact) mass is 310 g/mol. The Morgan fingerprint density at radius 1 is 1.13 bits per heavy atom. The highest BCUT2D eigenvalue weighted by atomic mass is 16.5. The molecule has 0 aliphatic rings. The van der Waals surface area contributed by atoms with Gasteiger partial charge in [0.05, 0.1) is 11.6 Å². The SMILES string of the molecule is NC[C@H](O)c1cc(=O)[nH]c2c(OCc3ccccc3)cccc12. The third-order valence-corrected chi connectivity index (χ3v) is 3.69. The molecule has 0 fully saturated rings. The Hall–Kier alpha value is -2.63. The molecule has 3 aromatic rings. The summed E-state index contributed by atoms with van der Waals surface area (Å²) >= 11 is 0. The van der Waals surface area contributed by atoms with Gasteiger partial charge in [-0.25, -0.2) is 0 Å². The zero-order chi connectivity index (χ0) is 16.2. The fourth-order valence-electron chi connectivity index (χ4n) is 2.54. The number of nitrogens with two attached hydrogens (primary N) is 1. The van der Waals surface area contributed by atoms with E-state index in [4.69, 9.17) is 10.5 Å². The second-order valence-electron chi connectivity index (χ2n) is 5.29. The van der Waals surface area contributed by atoms with Gasteiger partial charge < -0.3 is 20.6 Å². The van der Waals surface area contributed by atoms with Crippen molar-refractivity contribution in [3.63, 3.8) is 0 Å². The molecule has 4 N–H and O–H groups in total. The van der Waals surface area contributed by atoms with Crippen LogP contribution >= 0.6 is 0 Å². The number of H-pyrrole nitrogens is 1. The lowest BCUT2D eigenvalue weighted by atomic mass is 10.0. The van der Waals surface area contributed by atoms with Crippen LogP contribution in [0.5, 0.6) is 5.75 Å². The molecule has 0 amide bonds. The van der Waals surface area contributed by atoms with Crippen molar-refractivity contribution < 1.29 is 9.84 Å². The van der Waals surface area contributed by atoms with Gasteiger partial charge in [0.25, 0.3) is 0 Å². The summed E-state index contributed by atoms with van der Waals surface area (Å²) in [6.45, 7) is 0.444. The van der Waals surface area contributed by atoms with Gasteiger partial charge >= 0.3 is 0 Å². The number of aliphatic hydroxyl groups excluding tert-OH is 1. The van der Waals surface area contributed by atoms with Gasteiger partial charge in [-0.15, -0.1) is 0 Å². The lowest BCUT2D eigenvalue weighted by Crippen LogP contribution is -2.16. The Labute approximate surface area is 133 Å². The summed E-state index contributed by atoms with van der Waals surface area (Å²) in [6, 6.07) is 16.6. The Morgan fingerprint density at radius 2 is 1.91 bits per heavy atom.